The molecule has 232 valence electrons. The third kappa shape index (κ3) is 4.15. The van der Waals surface area contributed by atoms with Gasteiger partial charge in [-0.1, -0.05) is 97.1 Å². The van der Waals surface area contributed by atoms with E-state index in [2.05, 4.69) is 180 Å². The largest absolute Gasteiger partial charge is 0.456 e. The molecule has 11 aromatic rings. The van der Waals surface area contributed by atoms with E-state index in [1.807, 2.05) is 0 Å². The van der Waals surface area contributed by atoms with Gasteiger partial charge in [-0.2, -0.15) is 0 Å². The zero-order chi connectivity index (χ0) is 32.8. The van der Waals surface area contributed by atoms with Crippen LogP contribution in [0.25, 0.3) is 103 Å². The zero-order valence-electron chi connectivity index (χ0n) is 27.1. The number of benzene rings is 8. The van der Waals surface area contributed by atoms with Gasteiger partial charge in [0.2, 0.25) is 0 Å². The van der Waals surface area contributed by atoms with E-state index in [0.29, 0.717) is 0 Å². The van der Waals surface area contributed by atoms with E-state index < -0.39 is 0 Å². The number of nitrogens with zero attached hydrogens (tertiary/aromatic N) is 1. The predicted molar refractivity (Wildman–Crippen MR) is 213 cm³/mol. The standard InChI is InChI=1S/C48H29NO/c1-2-13-40(14-3-1)49-45-19-15-36-26-41(45)42-27-37(16-20-46(42)49)39-18-22-48-44(29-39)43-28-38(17-21-47(43)50-48)35-12-6-10-33(25-35)31-8-4-7-30(23-31)32-9-5-11-34(36)24-32/h1-29H. The Kier molecular flexibility index (Phi) is 5.70. The Morgan fingerprint density at radius 3 is 1.06 bits per heavy atom. The lowest BCUT2D eigenvalue weighted by molar-refractivity contribution is 0.669. The minimum atomic E-state index is 0.901. The lowest BCUT2D eigenvalue weighted by atomic mass is 10.0. The first-order valence-corrected chi connectivity index (χ1v) is 17.2. The molecule has 2 heteroatoms. The van der Waals surface area contributed by atoms with Crippen LogP contribution in [-0.2, 0) is 0 Å². The van der Waals surface area contributed by atoms with Crippen LogP contribution in [0.5, 0.6) is 0 Å². The zero-order valence-corrected chi connectivity index (χ0v) is 27.1. The number of aromatic nitrogens is 1. The molecule has 0 amide bonds. The number of para-hydroxylation sites is 1. The SMILES string of the molecule is c1ccc(-n2c3ccc4cc3c3cc(ccc32)c2ccc3oc5ccc(cc5c3c2)c2cccc(c2)c2cccc(c2)c2cccc4c2)cc1. The van der Waals surface area contributed by atoms with Gasteiger partial charge < -0.3 is 8.98 Å². The van der Waals surface area contributed by atoms with Crippen LogP contribution in [0.3, 0.4) is 0 Å². The van der Waals surface area contributed by atoms with E-state index in [1.54, 1.807) is 0 Å². The number of hydrogen-bond acceptors (Lipinski definition) is 1. The number of fused-ring (bicyclic) bond motifs is 15. The van der Waals surface area contributed by atoms with Crippen molar-refractivity contribution < 1.29 is 4.42 Å². The quantitative estimate of drug-likeness (QED) is 0.176. The third-order valence-electron chi connectivity index (χ3n) is 10.5. The highest BCUT2D eigenvalue weighted by Gasteiger charge is 2.14. The molecule has 0 radical (unpaired) electrons. The second kappa shape index (κ2) is 10.4. The highest BCUT2D eigenvalue weighted by atomic mass is 16.3. The summed E-state index contributed by atoms with van der Waals surface area (Å²) in [6.07, 6.45) is 0. The molecule has 0 N–H and O–H groups in total. The molecule has 0 atom stereocenters. The van der Waals surface area contributed by atoms with E-state index in [1.165, 1.54) is 75.7 Å². The lowest BCUT2D eigenvalue weighted by Crippen LogP contribution is -1.92. The fourth-order valence-corrected chi connectivity index (χ4v) is 8.01. The van der Waals surface area contributed by atoms with Crippen molar-refractivity contribution in [1.82, 2.24) is 4.57 Å². The molecule has 0 saturated heterocycles. The molecular weight excluding hydrogens is 607 g/mol. The third-order valence-corrected chi connectivity index (χ3v) is 10.5. The summed E-state index contributed by atoms with van der Waals surface area (Å²) in [6.45, 7) is 0. The van der Waals surface area contributed by atoms with E-state index in [0.717, 1.165) is 27.6 Å². The average Bonchev–Trinajstić information content (AvgIpc) is 3.72. The molecule has 0 aliphatic heterocycles. The summed E-state index contributed by atoms with van der Waals surface area (Å²) in [6, 6.07) is 64.4. The molecule has 50 heavy (non-hydrogen) atoms. The summed E-state index contributed by atoms with van der Waals surface area (Å²) in [5.74, 6) is 0. The van der Waals surface area contributed by atoms with Gasteiger partial charge in [0.05, 0.1) is 11.0 Å². The fraction of sp³-hybridized carbons (Fsp3) is 0. The summed E-state index contributed by atoms with van der Waals surface area (Å²) in [7, 11) is 0. The van der Waals surface area contributed by atoms with Gasteiger partial charge in [-0.15, -0.1) is 0 Å². The highest BCUT2D eigenvalue weighted by Crippen LogP contribution is 2.37. The van der Waals surface area contributed by atoms with Crippen LogP contribution in [0.15, 0.2) is 180 Å². The second-order valence-electron chi connectivity index (χ2n) is 13.4. The maximum absolute atomic E-state index is 6.37. The molecule has 0 saturated carbocycles. The Morgan fingerprint density at radius 1 is 0.280 bits per heavy atom. The van der Waals surface area contributed by atoms with Gasteiger partial charge in [-0.05, 0) is 133 Å². The fourth-order valence-electron chi connectivity index (χ4n) is 8.01. The first-order valence-electron chi connectivity index (χ1n) is 17.2. The molecule has 0 fully saturated rings. The van der Waals surface area contributed by atoms with Gasteiger partial charge in [0.1, 0.15) is 11.2 Å². The minimum absolute atomic E-state index is 0.901. The van der Waals surface area contributed by atoms with Crippen molar-refractivity contribution in [3.05, 3.63) is 176 Å². The molecule has 0 spiro atoms. The maximum atomic E-state index is 6.37. The molecule has 2 aromatic heterocycles. The Morgan fingerprint density at radius 2 is 0.640 bits per heavy atom. The van der Waals surface area contributed by atoms with Gasteiger partial charge in [0.15, 0.2) is 0 Å². The summed E-state index contributed by atoms with van der Waals surface area (Å²) in [4.78, 5) is 0. The molecule has 2 heterocycles. The topological polar surface area (TPSA) is 18.1 Å². The Labute approximate surface area is 287 Å². The summed E-state index contributed by atoms with van der Waals surface area (Å²) in [5, 5.41) is 16.6. The molecule has 0 aliphatic carbocycles. The molecule has 0 unspecified atom stereocenters. The second-order valence-corrected chi connectivity index (χ2v) is 13.4. The lowest BCUT2D eigenvalue weighted by Gasteiger charge is -2.07. The molecule has 0 aliphatic rings. The van der Waals surface area contributed by atoms with Gasteiger partial charge in [-0.3, -0.25) is 0 Å². The molecule has 14 bridgehead atoms. The maximum Gasteiger partial charge on any atom is 0.135 e. The van der Waals surface area contributed by atoms with E-state index in [4.69, 9.17) is 4.42 Å². The van der Waals surface area contributed by atoms with E-state index in [9.17, 15) is 0 Å². The Hall–Kier alpha value is -6.64. The van der Waals surface area contributed by atoms with Crippen molar-refractivity contribution in [2.24, 2.45) is 0 Å². The molecule has 2 nitrogen and oxygen atoms in total. The van der Waals surface area contributed by atoms with E-state index in [-0.39, 0.29) is 0 Å². The van der Waals surface area contributed by atoms with Crippen LogP contribution in [0.2, 0.25) is 0 Å². The summed E-state index contributed by atoms with van der Waals surface area (Å²) in [5.41, 5.74) is 5.34. The van der Waals surface area contributed by atoms with Crippen molar-refractivity contribution in [2.45, 2.75) is 0 Å². The smallest absolute Gasteiger partial charge is 0.135 e. The van der Waals surface area contributed by atoms with Crippen molar-refractivity contribution in [1.29, 1.82) is 0 Å². The predicted octanol–water partition coefficient (Wildman–Crippen LogP) is 13.6. The van der Waals surface area contributed by atoms with Gasteiger partial charge in [0.25, 0.3) is 0 Å². The number of furan rings is 1. The molecule has 9 aromatic carbocycles. The van der Waals surface area contributed by atoms with Crippen LogP contribution >= 0.6 is 0 Å². The van der Waals surface area contributed by atoms with E-state index >= 15 is 0 Å². The summed E-state index contributed by atoms with van der Waals surface area (Å²) < 4.78 is 8.76. The van der Waals surface area contributed by atoms with Crippen LogP contribution < -0.4 is 0 Å². The Bertz CT molecular complexity index is 3260. The van der Waals surface area contributed by atoms with Crippen molar-refractivity contribution in [3.63, 3.8) is 0 Å². The normalized spacial score (nSPS) is 12.0. The number of rotatable bonds is 1. The Balaban J connectivity index is 1.34. The van der Waals surface area contributed by atoms with Crippen LogP contribution in [-0.4, -0.2) is 4.57 Å². The first kappa shape index (κ1) is 27.3. The van der Waals surface area contributed by atoms with Crippen LogP contribution in [0.1, 0.15) is 0 Å². The van der Waals surface area contributed by atoms with Gasteiger partial charge in [-0.25, -0.2) is 0 Å². The van der Waals surface area contributed by atoms with Crippen LogP contribution in [0, 0.1) is 0 Å². The monoisotopic (exact) mass is 635 g/mol. The van der Waals surface area contributed by atoms with Crippen LogP contribution in [0.4, 0.5) is 0 Å². The average molecular weight is 636 g/mol. The van der Waals surface area contributed by atoms with Crippen molar-refractivity contribution in [2.75, 3.05) is 0 Å². The summed E-state index contributed by atoms with van der Waals surface area (Å²) >= 11 is 0. The highest BCUT2D eigenvalue weighted by molar-refractivity contribution is 6.15. The minimum Gasteiger partial charge on any atom is -0.456 e. The van der Waals surface area contributed by atoms with Gasteiger partial charge in [0, 0.05) is 27.2 Å². The first-order chi connectivity index (χ1) is 24.7. The van der Waals surface area contributed by atoms with Crippen molar-refractivity contribution in [3.8, 4) is 5.69 Å². The number of hydrogen-bond donors (Lipinski definition) is 0. The van der Waals surface area contributed by atoms with Crippen molar-refractivity contribution >= 4 is 97.6 Å². The molecule has 11 rings (SSSR count). The molecular formula is C48H29NO. The van der Waals surface area contributed by atoms with Gasteiger partial charge >= 0.3 is 0 Å².